The van der Waals surface area contributed by atoms with Crippen LogP contribution in [0.4, 0.5) is 5.69 Å². The third-order valence-electron chi connectivity index (χ3n) is 6.79. The van der Waals surface area contributed by atoms with Gasteiger partial charge in [-0.2, -0.15) is 0 Å². The van der Waals surface area contributed by atoms with Crippen molar-refractivity contribution in [2.24, 2.45) is 5.92 Å². The van der Waals surface area contributed by atoms with Gasteiger partial charge in [0.2, 0.25) is 0 Å². The lowest BCUT2D eigenvalue weighted by Gasteiger charge is -2.36. The molecule has 0 bridgehead atoms. The number of methoxy groups -OCH3 is 1. The summed E-state index contributed by atoms with van der Waals surface area (Å²) in [5.41, 5.74) is 5.80. The van der Waals surface area contributed by atoms with Crippen molar-refractivity contribution in [3.8, 4) is 16.9 Å². The van der Waals surface area contributed by atoms with Gasteiger partial charge in [-0.1, -0.05) is 74.6 Å². The molecule has 166 valence electrons. The van der Waals surface area contributed by atoms with Crippen molar-refractivity contribution in [3.63, 3.8) is 0 Å². The van der Waals surface area contributed by atoms with E-state index in [0.717, 1.165) is 29.5 Å². The Bertz CT molecular complexity index is 924. The molecule has 0 amide bonds. The first-order valence-corrected chi connectivity index (χ1v) is 11.9. The number of ether oxygens (including phenoxy) is 2. The fraction of sp³-hybridized carbons (Fsp3) is 0.500. The van der Waals surface area contributed by atoms with Gasteiger partial charge in [0.25, 0.3) is 0 Å². The van der Waals surface area contributed by atoms with Crippen molar-refractivity contribution in [1.29, 1.82) is 0 Å². The Labute approximate surface area is 187 Å². The van der Waals surface area contributed by atoms with Gasteiger partial charge in [0, 0.05) is 23.3 Å². The summed E-state index contributed by atoms with van der Waals surface area (Å²) in [5, 5.41) is 3.76. The number of benzene rings is 2. The van der Waals surface area contributed by atoms with Crippen LogP contribution in [0.25, 0.3) is 16.7 Å². The molecule has 2 aromatic rings. The maximum atomic E-state index is 6.40. The van der Waals surface area contributed by atoms with Gasteiger partial charge in [0.15, 0.2) is 0 Å². The Kier molecular flexibility index (Phi) is 6.71. The summed E-state index contributed by atoms with van der Waals surface area (Å²) in [4.78, 5) is 0. The normalized spacial score (nSPS) is 19.2. The van der Waals surface area contributed by atoms with Gasteiger partial charge >= 0.3 is 0 Å². The summed E-state index contributed by atoms with van der Waals surface area (Å²) in [6.07, 6.45) is 10.5. The highest BCUT2D eigenvalue weighted by molar-refractivity contribution is 5.93. The highest BCUT2D eigenvalue weighted by Crippen LogP contribution is 2.44. The molecule has 1 heterocycles. The van der Waals surface area contributed by atoms with E-state index in [2.05, 4.69) is 62.5 Å². The van der Waals surface area contributed by atoms with Crippen LogP contribution in [0.3, 0.4) is 0 Å². The SMILES string of the molecule is COc1ccccc1-c1cccc2c1NC(C)(C)C=C2C(C)OCCC1CCCCC1. The molecule has 3 heteroatoms. The van der Waals surface area contributed by atoms with Crippen LogP contribution in [0.5, 0.6) is 5.75 Å². The van der Waals surface area contributed by atoms with Gasteiger partial charge in [-0.05, 0) is 44.7 Å². The predicted molar refractivity (Wildman–Crippen MR) is 131 cm³/mol. The Hall–Kier alpha value is -2.26. The van der Waals surface area contributed by atoms with E-state index in [0.29, 0.717) is 0 Å². The summed E-state index contributed by atoms with van der Waals surface area (Å²) < 4.78 is 12.1. The number of hydrogen-bond donors (Lipinski definition) is 1. The summed E-state index contributed by atoms with van der Waals surface area (Å²) in [6.45, 7) is 7.50. The van der Waals surface area contributed by atoms with Gasteiger partial charge in [-0.3, -0.25) is 0 Å². The van der Waals surface area contributed by atoms with E-state index in [1.165, 1.54) is 55.2 Å². The van der Waals surface area contributed by atoms with E-state index < -0.39 is 0 Å². The molecule has 1 N–H and O–H groups in total. The molecular weight excluding hydrogens is 382 g/mol. The number of anilines is 1. The fourth-order valence-electron chi connectivity index (χ4n) is 5.16. The third-order valence-corrected chi connectivity index (χ3v) is 6.79. The summed E-state index contributed by atoms with van der Waals surface area (Å²) in [7, 11) is 1.74. The van der Waals surface area contributed by atoms with Gasteiger partial charge in [-0.25, -0.2) is 0 Å². The van der Waals surface area contributed by atoms with E-state index in [1.54, 1.807) is 7.11 Å². The number of nitrogens with one attached hydrogen (secondary N) is 1. The summed E-state index contributed by atoms with van der Waals surface area (Å²) >= 11 is 0. The second-order valence-electron chi connectivity index (χ2n) is 9.68. The Morgan fingerprint density at radius 3 is 2.45 bits per heavy atom. The maximum Gasteiger partial charge on any atom is 0.126 e. The minimum atomic E-state index is -0.151. The average Bonchev–Trinajstić information content (AvgIpc) is 2.78. The van der Waals surface area contributed by atoms with Crippen molar-refractivity contribution >= 4 is 11.3 Å². The molecule has 3 nitrogen and oxygen atoms in total. The molecule has 1 unspecified atom stereocenters. The first-order chi connectivity index (χ1) is 15.0. The Morgan fingerprint density at radius 1 is 0.968 bits per heavy atom. The van der Waals surface area contributed by atoms with Crippen molar-refractivity contribution in [3.05, 3.63) is 54.1 Å². The molecule has 1 aliphatic heterocycles. The van der Waals surface area contributed by atoms with Gasteiger partial charge in [0.05, 0.1) is 24.4 Å². The number of para-hydroxylation sites is 2. The van der Waals surface area contributed by atoms with Crippen LogP contribution in [0.15, 0.2) is 48.5 Å². The highest BCUT2D eigenvalue weighted by Gasteiger charge is 2.29. The van der Waals surface area contributed by atoms with E-state index in [1.807, 2.05) is 12.1 Å². The monoisotopic (exact) mass is 419 g/mol. The molecule has 0 aromatic heterocycles. The molecule has 1 atom stereocenters. The van der Waals surface area contributed by atoms with Crippen LogP contribution in [0, 0.1) is 5.92 Å². The number of rotatable bonds is 7. The van der Waals surface area contributed by atoms with Crippen molar-refractivity contribution < 1.29 is 9.47 Å². The second-order valence-corrected chi connectivity index (χ2v) is 9.68. The largest absolute Gasteiger partial charge is 0.496 e. The summed E-state index contributed by atoms with van der Waals surface area (Å²) in [6, 6.07) is 14.8. The van der Waals surface area contributed by atoms with Crippen molar-refractivity contribution in [2.75, 3.05) is 19.0 Å². The van der Waals surface area contributed by atoms with Gasteiger partial charge < -0.3 is 14.8 Å². The topological polar surface area (TPSA) is 30.5 Å². The lowest BCUT2D eigenvalue weighted by molar-refractivity contribution is 0.0866. The number of hydrogen-bond acceptors (Lipinski definition) is 3. The van der Waals surface area contributed by atoms with Crippen LogP contribution in [-0.2, 0) is 4.74 Å². The molecule has 1 aliphatic carbocycles. The standard InChI is InChI=1S/C28H37NO2/c1-20(31-18-17-21-11-6-5-7-12-21)25-19-28(2,3)29-27-23(14-10-15-24(25)27)22-13-8-9-16-26(22)30-4/h8-10,13-16,19-21,29H,5-7,11-12,17-18H2,1-4H3. The van der Waals surface area contributed by atoms with Crippen LogP contribution >= 0.6 is 0 Å². The third kappa shape index (κ3) is 4.98. The lowest BCUT2D eigenvalue weighted by atomic mass is 9.85. The predicted octanol–water partition coefficient (Wildman–Crippen LogP) is 7.33. The first kappa shape index (κ1) is 22.0. The lowest BCUT2D eigenvalue weighted by Crippen LogP contribution is -2.34. The zero-order valence-electron chi connectivity index (χ0n) is 19.5. The molecule has 0 radical (unpaired) electrons. The van der Waals surface area contributed by atoms with Crippen molar-refractivity contribution in [2.45, 2.75) is 70.9 Å². The minimum absolute atomic E-state index is 0.0663. The Balaban J connectivity index is 1.59. The van der Waals surface area contributed by atoms with Crippen LogP contribution in [-0.4, -0.2) is 25.4 Å². The van der Waals surface area contributed by atoms with E-state index >= 15 is 0 Å². The first-order valence-electron chi connectivity index (χ1n) is 11.9. The molecule has 0 saturated heterocycles. The summed E-state index contributed by atoms with van der Waals surface area (Å²) in [5.74, 6) is 1.74. The quantitative estimate of drug-likeness (QED) is 0.510. The average molecular weight is 420 g/mol. The number of fused-ring (bicyclic) bond motifs is 1. The zero-order valence-corrected chi connectivity index (χ0v) is 19.5. The molecule has 2 aliphatic rings. The smallest absolute Gasteiger partial charge is 0.126 e. The molecule has 4 rings (SSSR count). The highest BCUT2D eigenvalue weighted by atomic mass is 16.5. The van der Waals surface area contributed by atoms with Crippen LogP contribution < -0.4 is 10.1 Å². The maximum absolute atomic E-state index is 6.40. The molecule has 1 fully saturated rings. The second kappa shape index (κ2) is 9.48. The molecule has 0 spiro atoms. The molecule has 2 aromatic carbocycles. The van der Waals surface area contributed by atoms with E-state index in [4.69, 9.17) is 9.47 Å². The van der Waals surface area contributed by atoms with Gasteiger partial charge in [0.1, 0.15) is 5.75 Å². The zero-order chi connectivity index (χ0) is 21.8. The van der Waals surface area contributed by atoms with E-state index in [9.17, 15) is 0 Å². The van der Waals surface area contributed by atoms with Crippen molar-refractivity contribution in [1.82, 2.24) is 0 Å². The van der Waals surface area contributed by atoms with Crippen LogP contribution in [0.2, 0.25) is 0 Å². The Morgan fingerprint density at radius 2 is 1.68 bits per heavy atom. The van der Waals surface area contributed by atoms with Gasteiger partial charge in [-0.15, -0.1) is 0 Å². The molecular formula is C28H37NO2. The van der Waals surface area contributed by atoms with E-state index in [-0.39, 0.29) is 11.6 Å². The molecule has 31 heavy (non-hydrogen) atoms. The minimum Gasteiger partial charge on any atom is -0.496 e. The van der Waals surface area contributed by atoms with Crippen LogP contribution in [0.1, 0.15) is 64.9 Å². The molecule has 1 saturated carbocycles. The fourth-order valence-corrected chi connectivity index (χ4v) is 5.16.